The fourth-order valence-corrected chi connectivity index (χ4v) is 2.42. The molecule has 1 aromatic carbocycles. The maximum absolute atomic E-state index is 12.4. The fraction of sp³-hybridized carbons (Fsp3) is 0.429. The summed E-state index contributed by atoms with van der Waals surface area (Å²) >= 11 is 5.90. The second kappa shape index (κ2) is 6.24. The van der Waals surface area contributed by atoms with Gasteiger partial charge in [-0.25, -0.2) is 0 Å². The highest BCUT2D eigenvalue weighted by Gasteiger charge is 2.33. The van der Waals surface area contributed by atoms with E-state index in [4.69, 9.17) is 21.4 Å². The van der Waals surface area contributed by atoms with Crippen molar-refractivity contribution >= 4 is 29.2 Å². The molecule has 0 bridgehead atoms. The molecule has 5 nitrogen and oxygen atoms in total. The molecule has 0 radical (unpaired) electrons. The summed E-state index contributed by atoms with van der Waals surface area (Å²) in [4.78, 5) is 24.6. The van der Waals surface area contributed by atoms with Gasteiger partial charge in [0.2, 0.25) is 0 Å². The van der Waals surface area contributed by atoms with Gasteiger partial charge in [-0.15, -0.1) is 0 Å². The Hall–Kier alpha value is -1.59. The Kier molecular flexibility index (Phi) is 4.62. The van der Waals surface area contributed by atoms with Gasteiger partial charge in [0, 0.05) is 10.7 Å². The van der Waals surface area contributed by atoms with E-state index >= 15 is 0 Å². The average Bonchev–Trinajstić information content (AvgIpc) is 2.81. The Balaban J connectivity index is 2.23. The first-order valence-corrected chi connectivity index (χ1v) is 6.79. The van der Waals surface area contributed by atoms with E-state index in [0.717, 1.165) is 6.42 Å². The standard InChI is InChI=1S/C14H16ClNO4/c1-9-5-6-12(20-9)14(19)16(8-13(17)18)11-4-2-3-10(15)7-11/h2-4,7,9,12H,5-6,8H2,1H3,(H,17,18). The van der Waals surface area contributed by atoms with Crippen molar-refractivity contribution in [3.63, 3.8) is 0 Å². The fourth-order valence-electron chi connectivity index (χ4n) is 2.23. The van der Waals surface area contributed by atoms with Crippen LogP contribution < -0.4 is 4.90 Å². The van der Waals surface area contributed by atoms with Crippen molar-refractivity contribution in [2.75, 3.05) is 11.4 Å². The predicted molar refractivity (Wildman–Crippen MR) is 75.0 cm³/mol. The van der Waals surface area contributed by atoms with Crippen molar-refractivity contribution in [3.05, 3.63) is 29.3 Å². The Labute approximate surface area is 122 Å². The van der Waals surface area contributed by atoms with Crippen LogP contribution in [0.15, 0.2) is 24.3 Å². The molecule has 1 heterocycles. The minimum atomic E-state index is -1.08. The van der Waals surface area contributed by atoms with Gasteiger partial charge in [-0.2, -0.15) is 0 Å². The largest absolute Gasteiger partial charge is 0.480 e. The molecule has 2 unspecified atom stereocenters. The molecule has 1 aliphatic rings. The number of nitrogens with zero attached hydrogens (tertiary/aromatic N) is 1. The van der Waals surface area contributed by atoms with Gasteiger partial charge in [0.1, 0.15) is 12.6 Å². The van der Waals surface area contributed by atoms with Crippen LogP contribution in [0.1, 0.15) is 19.8 Å². The van der Waals surface area contributed by atoms with Crippen LogP contribution in [0.3, 0.4) is 0 Å². The monoisotopic (exact) mass is 297 g/mol. The number of rotatable bonds is 4. The molecule has 1 saturated heterocycles. The molecule has 20 heavy (non-hydrogen) atoms. The predicted octanol–water partition coefficient (Wildman–Crippen LogP) is 2.33. The lowest BCUT2D eigenvalue weighted by molar-refractivity contribution is -0.138. The number of benzene rings is 1. The number of halogens is 1. The summed E-state index contributed by atoms with van der Waals surface area (Å²) in [5.74, 6) is -1.41. The normalized spacial score (nSPS) is 21.7. The summed E-state index contributed by atoms with van der Waals surface area (Å²) < 4.78 is 5.52. The van der Waals surface area contributed by atoms with Crippen LogP contribution in [0.5, 0.6) is 0 Å². The number of carbonyl (C=O) groups excluding carboxylic acids is 1. The molecular weight excluding hydrogens is 282 g/mol. The molecule has 2 rings (SSSR count). The molecule has 0 saturated carbocycles. The second-order valence-electron chi connectivity index (χ2n) is 4.81. The average molecular weight is 298 g/mol. The lowest BCUT2D eigenvalue weighted by Gasteiger charge is -2.24. The number of carbonyl (C=O) groups is 2. The SMILES string of the molecule is CC1CCC(C(=O)N(CC(=O)O)c2cccc(Cl)c2)O1. The van der Waals surface area contributed by atoms with Crippen molar-refractivity contribution in [1.82, 2.24) is 0 Å². The summed E-state index contributed by atoms with van der Waals surface area (Å²) in [6.45, 7) is 1.49. The lowest BCUT2D eigenvalue weighted by Crippen LogP contribution is -2.42. The second-order valence-corrected chi connectivity index (χ2v) is 5.25. The first-order chi connectivity index (χ1) is 9.47. The minimum Gasteiger partial charge on any atom is -0.480 e. The third-order valence-corrected chi connectivity index (χ3v) is 3.42. The summed E-state index contributed by atoms with van der Waals surface area (Å²) in [5.41, 5.74) is 0.466. The van der Waals surface area contributed by atoms with Crippen LogP contribution in [0, 0.1) is 0 Å². The number of ether oxygens (including phenoxy) is 1. The Morgan fingerprint density at radius 2 is 2.20 bits per heavy atom. The maximum Gasteiger partial charge on any atom is 0.323 e. The van der Waals surface area contributed by atoms with Gasteiger partial charge in [0.05, 0.1) is 6.10 Å². The van der Waals surface area contributed by atoms with Gasteiger partial charge in [-0.05, 0) is 38.0 Å². The number of anilines is 1. The van der Waals surface area contributed by atoms with E-state index in [-0.39, 0.29) is 12.0 Å². The third kappa shape index (κ3) is 3.49. The molecule has 1 amide bonds. The number of hydrogen-bond donors (Lipinski definition) is 1. The van der Waals surface area contributed by atoms with Crippen LogP contribution in [-0.4, -0.2) is 35.7 Å². The molecule has 1 aromatic rings. The smallest absolute Gasteiger partial charge is 0.323 e. The van der Waals surface area contributed by atoms with Crippen LogP contribution in [0.25, 0.3) is 0 Å². The van der Waals surface area contributed by atoms with E-state index in [1.54, 1.807) is 24.3 Å². The van der Waals surface area contributed by atoms with Gasteiger partial charge in [0.15, 0.2) is 0 Å². The third-order valence-electron chi connectivity index (χ3n) is 3.19. The van der Waals surface area contributed by atoms with E-state index in [1.165, 1.54) is 4.90 Å². The molecule has 0 spiro atoms. The zero-order chi connectivity index (χ0) is 14.7. The highest BCUT2D eigenvalue weighted by atomic mass is 35.5. The summed E-state index contributed by atoms with van der Waals surface area (Å²) in [7, 11) is 0. The molecule has 0 aliphatic carbocycles. The quantitative estimate of drug-likeness (QED) is 0.926. The molecule has 1 aliphatic heterocycles. The molecular formula is C14H16ClNO4. The van der Waals surface area contributed by atoms with Crippen LogP contribution >= 0.6 is 11.6 Å². The highest BCUT2D eigenvalue weighted by molar-refractivity contribution is 6.31. The zero-order valence-corrected chi connectivity index (χ0v) is 11.8. The lowest BCUT2D eigenvalue weighted by atomic mass is 10.1. The zero-order valence-electron chi connectivity index (χ0n) is 11.1. The van der Waals surface area contributed by atoms with Crippen LogP contribution in [-0.2, 0) is 14.3 Å². The molecule has 2 atom stereocenters. The van der Waals surface area contributed by atoms with Gasteiger partial charge in [-0.3, -0.25) is 14.5 Å². The molecule has 1 fully saturated rings. The number of hydrogen-bond acceptors (Lipinski definition) is 3. The first-order valence-electron chi connectivity index (χ1n) is 6.41. The van der Waals surface area contributed by atoms with Gasteiger partial charge in [-0.1, -0.05) is 17.7 Å². The van der Waals surface area contributed by atoms with E-state index < -0.39 is 18.6 Å². The summed E-state index contributed by atoms with van der Waals surface area (Å²) in [5, 5.41) is 9.44. The van der Waals surface area contributed by atoms with Crippen molar-refractivity contribution in [1.29, 1.82) is 0 Å². The minimum absolute atomic E-state index is 0.0231. The number of carboxylic acid groups (broad SMARTS) is 1. The Morgan fingerprint density at radius 3 is 2.75 bits per heavy atom. The first kappa shape index (κ1) is 14.8. The van der Waals surface area contributed by atoms with Crippen LogP contribution in [0.4, 0.5) is 5.69 Å². The Morgan fingerprint density at radius 1 is 1.45 bits per heavy atom. The van der Waals surface area contributed by atoms with Crippen molar-refractivity contribution in [2.24, 2.45) is 0 Å². The van der Waals surface area contributed by atoms with Crippen molar-refractivity contribution < 1.29 is 19.4 Å². The maximum atomic E-state index is 12.4. The van der Waals surface area contributed by atoms with E-state index in [9.17, 15) is 9.59 Å². The van der Waals surface area contributed by atoms with Crippen molar-refractivity contribution in [2.45, 2.75) is 32.0 Å². The number of carboxylic acids is 1. The van der Waals surface area contributed by atoms with Gasteiger partial charge in [0.25, 0.3) is 5.91 Å². The van der Waals surface area contributed by atoms with Crippen LogP contribution in [0.2, 0.25) is 5.02 Å². The molecule has 6 heteroatoms. The highest BCUT2D eigenvalue weighted by Crippen LogP contribution is 2.25. The topological polar surface area (TPSA) is 66.8 Å². The van der Waals surface area contributed by atoms with Gasteiger partial charge < -0.3 is 9.84 Å². The summed E-state index contributed by atoms with van der Waals surface area (Å²) in [6, 6.07) is 6.58. The molecule has 108 valence electrons. The number of aliphatic carboxylic acids is 1. The number of amides is 1. The van der Waals surface area contributed by atoms with E-state index in [1.807, 2.05) is 6.92 Å². The molecule has 0 aromatic heterocycles. The van der Waals surface area contributed by atoms with E-state index in [0.29, 0.717) is 17.1 Å². The van der Waals surface area contributed by atoms with E-state index in [2.05, 4.69) is 0 Å². The van der Waals surface area contributed by atoms with Crippen molar-refractivity contribution in [3.8, 4) is 0 Å². The Bertz CT molecular complexity index is 520. The molecule has 1 N–H and O–H groups in total. The van der Waals surface area contributed by atoms with Gasteiger partial charge >= 0.3 is 5.97 Å². The summed E-state index contributed by atoms with van der Waals surface area (Å²) in [6.07, 6.45) is 0.849.